The Hall–Kier alpha value is -2.02. The second-order valence-corrected chi connectivity index (χ2v) is 5.93. The van der Waals surface area contributed by atoms with Crippen LogP contribution in [0.5, 0.6) is 0 Å². The fourth-order valence-electron chi connectivity index (χ4n) is 2.62. The fourth-order valence-corrected chi connectivity index (χ4v) is 2.62. The number of hydrogen-bond donors (Lipinski definition) is 2. The van der Waals surface area contributed by atoms with Crippen molar-refractivity contribution < 1.29 is 28.2 Å². The average Bonchev–Trinajstić information content (AvgIpc) is 2.95. The van der Waals surface area contributed by atoms with Gasteiger partial charge in [-0.25, -0.2) is 13.6 Å². The summed E-state index contributed by atoms with van der Waals surface area (Å²) in [6.07, 6.45) is -1.32. The summed E-state index contributed by atoms with van der Waals surface area (Å²) in [6, 6.07) is 2.54. The van der Waals surface area contributed by atoms with Gasteiger partial charge in [-0.2, -0.15) is 0 Å². The van der Waals surface area contributed by atoms with Crippen molar-refractivity contribution in [2.45, 2.75) is 44.9 Å². The van der Waals surface area contributed by atoms with Crippen molar-refractivity contribution in [3.05, 3.63) is 35.4 Å². The van der Waals surface area contributed by atoms with Crippen LogP contribution < -0.4 is 5.32 Å². The first-order chi connectivity index (χ1) is 10.8. The third-order valence-corrected chi connectivity index (χ3v) is 3.85. The van der Waals surface area contributed by atoms with Gasteiger partial charge < -0.3 is 15.2 Å². The van der Waals surface area contributed by atoms with Crippen LogP contribution in [0.3, 0.4) is 0 Å². The molecule has 126 valence electrons. The Morgan fingerprint density at radius 2 is 1.91 bits per heavy atom. The number of ether oxygens (including phenoxy) is 1. The van der Waals surface area contributed by atoms with Crippen LogP contribution in [-0.2, 0) is 14.3 Å². The van der Waals surface area contributed by atoms with Crippen molar-refractivity contribution in [3.8, 4) is 0 Å². The number of rotatable bonds is 5. The lowest BCUT2D eigenvalue weighted by Crippen LogP contribution is -2.40. The molecule has 1 saturated heterocycles. The van der Waals surface area contributed by atoms with Crippen molar-refractivity contribution in [1.29, 1.82) is 0 Å². The molecule has 1 aromatic rings. The maximum atomic E-state index is 14.0. The molecule has 1 aliphatic rings. The number of carbonyl (C=O) groups is 2. The summed E-state index contributed by atoms with van der Waals surface area (Å²) in [5.41, 5.74) is 0.183. The molecule has 1 aromatic carbocycles. The molecule has 0 radical (unpaired) electrons. The molecule has 5 nitrogen and oxygen atoms in total. The number of aliphatic carboxylic acids is 1. The molecule has 7 heteroatoms. The molecule has 0 spiro atoms. The summed E-state index contributed by atoms with van der Waals surface area (Å²) >= 11 is 0. The number of amides is 1. The topological polar surface area (TPSA) is 75.6 Å². The molecule has 1 unspecified atom stereocenters. The van der Waals surface area contributed by atoms with Gasteiger partial charge in [-0.15, -0.1) is 0 Å². The van der Waals surface area contributed by atoms with Crippen LogP contribution in [0.15, 0.2) is 18.2 Å². The van der Waals surface area contributed by atoms with Gasteiger partial charge in [0.15, 0.2) is 6.10 Å². The molecule has 1 aliphatic heterocycles. The lowest BCUT2D eigenvalue weighted by atomic mass is 9.95. The predicted molar refractivity (Wildman–Crippen MR) is 77.6 cm³/mol. The standard InChI is InChI=1S/C16H19F2NO4/c1-8(2)14(10-4-3-9(17)7-11(10)18)19-15(20)12-5-6-13(23-12)16(21)22/h3-4,7-8,12-14H,5-6H2,1-2H3,(H,19,20)(H,21,22)/t12-,13+,14?/m0/s1. The zero-order valence-corrected chi connectivity index (χ0v) is 12.9. The summed E-state index contributed by atoms with van der Waals surface area (Å²) in [6.45, 7) is 3.59. The lowest BCUT2D eigenvalue weighted by Gasteiger charge is -2.25. The van der Waals surface area contributed by atoms with Crippen LogP contribution in [0.2, 0.25) is 0 Å². The van der Waals surface area contributed by atoms with E-state index in [4.69, 9.17) is 9.84 Å². The Kier molecular flexibility index (Phi) is 5.30. The Bertz CT molecular complexity index is 606. The smallest absolute Gasteiger partial charge is 0.332 e. The molecule has 1 heterocycles. The third kappa shape index (κ3) is 4.04. The highest BCUT2D eigenvalue weighted by molar-refractivity contribution is 5.83. The quantitative estimate of drug-likeness (QED) is 0.871. The van der Waals surface area contributed by atoms with Gasteiger partial charge in [-0.3, -0.25) is 4.79 Å². The van der Waals surface area contributed by atoms with Crippen molar-refractivity contribution in [2.24, 2.45) is 5.92 Å². The van der Waals surface area contributed by atoms with Gasteiger partial charge in [-0.1, -0.05) is 19.9 Å². The molecular formula is C16H19F2NO4. The van der Waals surface area contributed by atoms with Crippen LogP contribution in [0, 0.1) is 17.6 Å². The number of halogens is 2. The molecule has 2 rings (SSSR count). The van der Waals surface area contributed by atoms with Gasteiger partial charge in [0.25, 0.3) is 0 Å². The molecule has 3 atom stereocenters. The predicted octanol–water partition coefficient (Wildman–Crippen LogP) is 2.41. The maximum absolute atomic E-state index is 14.0. The molecule has 1 amide bonds. The first-order valence-corrected chi connectivity index (χ1v) is 7.43. The summed E-state index contributed by atoms with van der Waals surface area (Å²) in [4.78, 5) is 23.1. The largest absolute Gasteiger partial charge is 0.479 e. The number of carboxylic acids is 1. The van der Waals surface area contributed by atoms with Crippen LogP contribution >= 0.6 is 0 Å². The molecular weight excluding hydrogens is 308 g/mol. The Balaban J connectivity index is 2.11. The average molecular weight is 327 g/mol. The van der Waals surface area contributed by atoms with Gasteiger partial charge in [0.1, 0.15) is 17.7 Å². The second kappa shape index (κ2) is 7.04. The zero-order chi connectivity index (χ0) is 17.1. The van der Waals surface area contributed by atoms with E-state index in [1.54, 1.807) is 13.8 Å². The van der Waals surface area contributed by atoms with Gasteiger partial charge in [0, 0.05) is 11.6 Å². The molecule has 0 aromatic heterocycles. The number of hydrogen-bond acceptors (Lipinski definition) is 3. The minimum Gasteiger partial charge on any atom is -0.479 e. The summed E-state index contributed by atoms with van der Waals surface area (Å²) in [7, 11) is 0. The minimum atomic E-state index is -1.11. The minimum absolute atomic E-state index is 0.143. The highest BCUT2D eigenvalue weighted by Crippen LogP contribution is 2.27. The molecule has 23 heavy (non-hydrogen) atoms. The summed E-state index contributed by atoms with van der Waals surface area (Å²) < 4.78 is 32.2. The zero-order valence-electron chi connectivity index (χ0n) is 12.9. The SMILES string of the molecule is CC(C)C(NC(=O)[C@@H]1CC[C@H](C(=O)O)O1)c1ccc(F)cc1F. The van der Waals surface area contributed by atoms with E-state index in [0.717, 1.165) is 12.1 Å². The number of carboxylic acid groups (broad SMARTS) is 1. The van der Waals surface area contributed by atoms with E-state index in [1.165, 1.54) is 6.07 Å². The van der Waals surface area contributed by atoms with Gasteiger partial charge in [-0.05, 0) is 24.8 Å². The number of benzene rings is 1. The Labute approximate surface area is 132 Å². The first-order valence-electron chi connectivity index (χ1n) is 7.43. The maximum Gasteiger partial charge on any atom is 0.332 e. The fraction of sp³-hybridized carbons (Fsp3) is 0.500. The van der Waals surface area contributed by atoms with Crippen molar-refractivity contribution in [1.82, 2.24) is 5.32 Å². The van der Waals surface area contributed by atoms with E-state index < -0.39 is 41.8 Å². The molecule has 2 N–H and O–H groups in total. The van der Waals surface area contributed by atoms with Crippen LogP contribution in [0.25, 0.3) is 0 Å². The number of nitrogens with one attached hydrogen (secondary N) is 1. The van der Waals surface area contributed by atoms with Crippen LogP contribution in [-0.4, -0.2) is 29.2 Å². The normalized spacial score (nSPS) is 22.1. The highest BCUT2D eigenvalue weighted by Gasteiger charge is 2.36. The van der Waals surface area contributed by atoms with Crippen LogP contribution in [0.1, 0.15) is 38.3 Å². The van der Waals surface area contributed by atoms with E-state index in [0.29, 0.717) is 6.42 Å². The molecule has 1 fully saturated rings. The molecule has 0 aliphatic carbocycles. The van der Waals surface area contributed by atoms with E-state index in [9.17, 15) is 18.4 Å². The van der Waals surface area contributed by atoms with Gasteiger partial charge >= 0.3 is 5.97 Å². The third-order valence-electron chi connectivity index (χ3n) is 3.85. The Morgan fingerprint density at radius 3 is 2.43 bits per heavy atom. The molecule has 0 saturated carbocycles. The van der Waals surface area contributed by atoms with Crippen molar-refractivity contribution in [2.75, 3.05) is 0 Å². The first kappa shape index (κ1) is 17.3. The molecule has 0 bridgehead atoms. The van der Waals surface area contributed by atoms with E-state index in [-0.39, 0.29) is 17.9 Å². The summed E-state index contributed by atoms with van der Waals surface area (Å²) in [5.74, 6) is -3.17. The van der Waals surface area contributed by atoms with E-state index in [1.807, 2.05) is 0 Å². The second-order valence-electron chi connectivity index (χ2n) is 5.93. The highest BCUT2D eigenvalue weighted by atomic mass is 19.1. The number of carbonyl (C=O) groups excluding carboxylic acids is 1. The van der Waals surface area contributed by atoms with E-state index >= 15 is 0 Å². The summed E-state index contributed by atoms with van der Waals surface area (Å²) in [5, 5.41) is 11.6. The van der Waals surface area contributed by atoms with Crippen molar-refractivity contribution in [3.63, 3.8) is 0 Å². The van der Waals surface area contributed by atoms with Gasteiger partial charge in [0.2, 0.25) is 5.91 Å². The van der Waals surface area contributed by atoms with Crippen molar-refractivity contribution >= 4 is 11.9 Å². The Morgan fingerprint density at radius 1 is 1.26 bits per heavy atom. The van der Waals surface area contributed by atoms with Crippen LogP contribution in [0.4, 0.5) is 8.78 Å². The monoisotopic (exact) mass is 327 g/mol. The van der Waals surface area contributed by atoms with Gasteiger partial charge in [0.05, 0.1) is 6.04 Å². The van der Waals surface area contributed by atoms with E-state index in [2.05, 4.69) is 5.32 Å². The lowest BCUT2D eigenvalue weighted by molar-refractivity contribution is -0.152.